The molecular formula is C18H16FNO. The summed E-state index contributed by atoms with van der Waals surface area (Å²) in [6.45, 7) is 3.82. The van der Waals surface area contributed by atoms with E-state index in [1.807, 2.05) is 44.2 Å². The van der Waals surface area contributed by atoms with Crippen molar-refractivity contribution in [1.82, 2.24) is 4.98 Å². The maximum Gasteiger partial charge on any atom is 0.174 e. The van der Waals surface area contributed by atoms with E-state index in [1.165, 1.54) is 12.1 Å². The monoisotopic (exact) mass is 281 g/mol. The third-order valence-corrected chi connectivity index (χ3v) is 3.95. The third kappa shape index (κ3) is 2.25. The molecule has 0 atom stereocenters. The average Bonchev–Trinajstić information content (AvgIpc) is 2.90. The van der Waals surface area contributed by atoms with Crippen LogP contribution in [0.5, 0.6) is 0 Å². The van der Waals surface area contributed by atoms with E-state index in [2.05, 4.69) is 4.98 Å². The molecule has 0 aliphatic rings. The second-order valence-corrected chi connectivity index (χ2v) is 5.71. The number of fused-ring (bicyclic) bond motifs is 1. The van der Waals surface area contributed by atoms with Crippen molar-refractivity contribution in [3.05, 3.63) is 71.7 Å². The first kappa shape index (κ1) is 13.6. The number of hydrogen-bond acceptors (Lipinski definition) is 1. The van der Waals surface area contributed by atoms with Gasteiger partial charge in [-0.2, -0.15) is 0 Å². The molecule has 2 nitrogen and oxygen atoms in total. The van der Waals surface area contributed by atoms with Crippen LogP contribution in [0.15, 0.2) is 54.7 Å². The second-order valence-electron chi connectivity index (χ2n) is 5.71. The summed E-state index contributed by atoms with van der Waals surface area (Å²) in [5.74, 6) is -0.294. The molecule has 0 spiro atoms. The fourth-order valence-corrected chi connectivity index (χ4v) is 2.61. The second kappa shape index (κ2) is 4.85. The Hall–Kier alpha value is -2.42. The number of hydrogen-bond donors (Lipinski definition) is 1. The zero-order chi connectivity index (χ0) is 15.0. The van der Waals surface area contributed by atoms with Crippen LogP contribution in [0, 0.1) is 5.82 Å². The number of halogens is 1. The average molecular weight is 281 g/mol. The molecule has 3 aromatic rings. The quantitative estimate of drug-likeness (QED) is 0.706. The van der Waals surface area contributed by atoms with Crippen LogP contribution in [0.1, 0.15) is 29.8 Å². The molecule has 3 heteroatoms. The number of aromatic nitrogens is 1. The van der Waals surface area contributed by atoms with E-state index in [0.717, 1.165) is 10.9 Å². The van der Waals surface area contributed by atoms with Crippen LogP contribution in [0.4, 0.5) is 4.39 Å². The van der Waals surface area contributed by atoms with E-state index in [-0.39, 0.29) is 11.6 Å². The van der Waals surface area contributed by atoms with Crippen molar-refractivity contribution >= 4 is 16.7 Å². The van der Waals surface area contributed by atoms with Crippen molar-refractivity contribution in [2.75, 3.05) is 0 Å². The minimum absolute atomic E-state index is 0.0200. The lowest BCUT2D eigenvalue weighted by atomic mass is 9.78. The first-order valence-corrected chi connectivity index (χ1v) is 6.87. The Morgan fingerprint density at radius 1 is 1.10 bits per heavy atom. The molecule has 21 heavy (non-hydrogen) atoms. The van der Waals surface area contributed by atoms with Gasteiger partial charge in [-0.05, 0) is 37.6 Å². The minimum Gasteiger partial charge on any atom is -0.360 e. The van der Waals surface area contributed by atoms with Gasteiger partial charge in [0.05, 0.1) is 5.41 Å². The first-order chi connectivity index (χ1) is 10.00. The first-order valence-electron chi connectivity index (χ1n) is 6.87. The van der Waals surface area contributed by atoms with Gasteiger partial charge in [-0.3, -0.25) is 4.79 Å². The SMILES string of the molecule is CC(C)(C(=O)c1c[nH]c2cc(F)ccc12)c1ccccc1. The molecule has 1 heterocycles. The van der Waals surface area contributed by atoms with Gasteiger partial charge in [0, 0.05) is 22.7 Å². The van der Waals surface area contributed by atoms with Crippen molar-refractivity contribution in [3.8, 4) is 0 Å². The van der Waals surface area contributed by atoms with E-state index in [0.29, 0.717) is 11.1 Å². The third-order valence-electron chi connectivity index (χ3n) is 3.95. The van der Waals surface area contributed by atoms with Gasteiger partial charge in [-0.15, -0.1) is 0 Å². The van der Waals surface area contributed by atoms with Gasteiger partial charge >= 0.3 is 0 Å². The number of carbonyl (C=O) groups is 1. The van der Waals surface area contributed by atoms with Crippen molar-refractivity contribution in [1.29, 1.82) is 0 Å². The maximum absolute atomic E-state index is 13.2. The number of carbonyl (C=O) groups excluding carboxylic acids is 1. The molecule has 0 unspecified atom stereocenters. The minimum atomic E-state index is -0.634. The molecule has 0 radical (unpaired) electrons. The Labute approximate surface area is 122 Å². The van der Waals surface area contributed by atoms with Gasteiger partial charge in [0.15, 0.2) is 5.78 Å². The zero-order valence-electron chi connectivity index (χ0n) is 12.0. The molecule has 0 aliphatic heterocycles. The topological polar surface area (TPSA) is 32.9 Å². The molecule has 1 aromatic heterocycles. The Morgan fingerprint density at radius 2 is 1.81 bits per heavy atom. The van der Waals surface area contributed by atoms with Crippen LogP contribution < -0.4 is 0 Å². The maximum atomic E-state index is 13.2. The van der Waals surface area contributed by atoms with Gasteiger partial charge in [0.1, 0.15) is 5.82 Å². The van der Waals surface area contributed by atoms with Crippen LogP contribution in [0.25, 0.3) is 10.9 Å². The molecule has 0 bridgehead atoms. The Bertz CT molecular complexity index is 802. The van der Waals surface area contributed by atoms with Crippen LogP contribution in [-0.4, -0.2) is 10.8 Å². The van der Waals surface area contributed by atoms with E-state index in [9.17, 15) is 9.18 Å². The normalized spacial score (nSPS) is 11.8. The highest BCUT2D eigenvalue weighted by Gasteiger charge is 2.31. The van der Waals surface area contributed by atoms with Gasteiger partial charge in [-0.1, -0.05) is 30.3 Å². The summed E-state index contributed by atoms with van der Waals surface area (Å²) in [5.41, 5.74) is 1.57. The van der Waals surface area contributed by atoms with E-state index in [4.69, 9.17) is 0 Å². The predicted molar refractivity (Wildman–Crippen MR) is 82.1 cm³/mol. The number of H-pyrrole nitrogens is 1. The van der Waals surface area contributed by atoms with Crippen molar-refractivity contribution < 1.29 is 9.18 Å². The molecule has 1 N–H and O–H groups in total. The van der Waals surface area contributed by atoms with E-state index >= 15 is 0 Å². The fraction of sp³-hybridized carbons (Fsp3) is 0.167. The van der Waals surface area contributed by atoms with Crippen molar-refractivity contribution in [3.63, 3.8) is 0 Å². The molecule has 0 saturated carbocycles. The molecule has 0 amide bonds. The summed E-state index contributed by atoms with van der Waals surface area (Å²) in [6.07, 6.45) is 1.66. The van der Waals surface area contributed by atoms with Gasteiger partial charge < -0.3 is 4.98 Å². The molecule has 3 rings (SSSR count). The largest absolute Gasteiger partial charge is 0.360 e. The standard InChI is InChI=1S/C18H16FNO/c1-18(2,12-6-4-3-5-7-12)17(21)15-11-20-16-10-13(19)8-9-14(15)16/h3-11,20H,1-2H3. The smallest absolute Gasteiger partial charge is 0.174 e. The molecule has 0 saturated heterocycles. The highest BCUT2D eigenvalue weighted by Crippen LogP contribution is 2.30. The summed E-state index contributed by atoms with van der Waals surface area (Å²) < 4.78 is 13.2. The number of ketones is 1. The Morgan fingerprint density at radius 3 is 2.52 bits per heavy atom. The van der Waals surface area contributed by atoms with Crippen LogP contribution >= 0.6 is 0 Å². The number of rotatable bonds is 3. The predicted octanol–water partition coefficient (Wildman–Crippen LogP) is 4.47. The lowest BCUT2D eigenvalue weighted by Crippen LogP contribution is -2.28. The molecule has 106 valence electrons. The van der Waals surface area contributed by atoms with Crippen molar-refractivity contribution in [2.45, 2.75) is 19.3 Å². The number of benzene rings is 2. The van der Waals surface area contributed by atoms with E-state index in [1.54, 1.807) is 12.3 Å². The summed E-state index contributed by atoms with van der Waals surface area (Å²) >= 11 is 0. The van der Waals surface area contributed by atoms with Crippen LogP contribution in [0.2, 0.25) is 0 Å². The number of Topliss-reactive ketones (excluding diaryl/α,β-unsaturated/α-hetero) is 1. The number of nitrogens with one attached hydrogen (secondary N) is 1. The molecule has 2 aromatic carbocycles. The highest BCUT2D eigenvalue weighted by molar-refractivity contribution is 6.12. The van der Waals surface area contributed by atoms with Gasteiger partial charge in [0.2, 0.25) is 0 Å². The van der Waals surface area contributed by atoms with Gasteiger partial charge in [-0.25, -0.2) is 4.39 Å². The van der Waals surface area contributed by atoms with E-state index < -0.39 is 5.41 Å². The Balaban J connectivity index is 2.08. The fourth-order valence-electron chi connectivity index (χ4n) is 2.61. The molecule has 0 fully saturated rings. The summed E-state index contributed by atoms with van der Waals surface area (Å²) in [6, 6.07) is 14.1. The van der Waals surface area contributed by atoms with Crippen LogP contribution in [-0.2, 0) is 5.41 Å². The zero-order valence-corrected chi connectivity index (χ0v) is 12.0. The summed E-state index contributed by atoms with van der Waals surface area (Å²) in [5, 5.41) is 0.755. The van der Waals surface area contributed by atoms with Crippen LogP contribution in [0.3, 0.4) is 0 Å². The lowest BCUT2D eigenvalue weighted by Gasteiger charge is -2.23. The summed E-state index contributed by atoms with van der Waals surface area (Å²) in [4.78, 5) is 15.9. The van der Waals surface area contributed by atoms with Gasteiger partial charge in [0.25, 0.3) is 0 Å². The number of aromatic amines is 1. The molecule has 0 aliphatic carbocycles. The highest BCUT2D eigenvalue weighted by atomic mass is 19.1. The summed E-state index contributed by atoms with van der Waals surface area (Å²) in [7, 11) is 0. The van der Waals surface area contributed by atoms with Crippen molar-refractivity contribution in [2.24, 2.45) is 0 Å². The lowest BCUT2D eigenvalue weighted by molar-refractivity contribution is 0.0910. The molecular weight excluding hydrogens is 265 g/mol. The Kier molecular flexibility index (Phi) is 3.13.